The van der Waals surface area contributed by atoms with Gasteiger partial charge in [0.05, 0.1) is 34.9 Å². The van der Waals surface area contributed by atoms with Crippen molar-refractivity contribution in [1.29, 1.82) is 0 Å². The normalized spacial score (nSPS) is 37.1. The van der Waals surface area contributed by atoms with Gasteiger partial charge in [0.1, 0.15) is 23.8 Å². The molecule has 0 bridgehead atoms. The van der Waals surface area contributed by atoms with Gasteiger partial charge in [0.25, 0.3) is 5.67 Å². The number of hydrogen-bond acceptors (Lipinski definition) is 12. The molecule has 3 aliphatic heterocycles. The molecule has 13 atom stereocenters. The van der Waals surface area contributed by atoms with Gasteiger partial charge in [-0.15, -0.1) is 6.58 Å². The van der Waals surface area contributed by atoms with Gasteiger partial charge in [-0.2, -0.15) is 0 Å². The number of carbonyl (C=O) groups excluding carboxylic acids is 4. The Bertz CT molecular complexity index is 1870. The first kappa shape index (κ1) is 47.3. The third-order valence-electron chi connectivity index (χ3n) is 13.2. The van der Waals surface area contributed by atoms with Crippen molar-refractivity contribution in [3.63, 3.8) is 0 Å². The molecule has 60 heavy (non-hydrogen) atoms. The molecule has 1 aromatic carbocycles. The molecule has 0 saturated carbocycles. The van der Waals surface area contributed by atoms with Crippen LogP contribution in [0.1, 0.15) is 100 Å². The van der Waals surface area contributed by atoms with E-state index >= 15 is 4.39 Å². The number of amides is 1. The van der Waals surface area contributed by atoms with E-state index in [-0.39, 0.29) is 31.3 Å². The lowest BCUT2D eigenvalue weighted by Gasteiger charge is -2.46. The summed E-state index contributed by atoms with van der Waals surface area (Å²) >= 11 is 0. The Balaban J connectivity index is 1.49. The molecular formula is C45H67FN4O10. The van der Waals surface area contributed by atoms with Gasteiger partial charge >= 0.3 is 12.1 Å². The summed E-state index contributed by atoms with van der Waals surface area (Å²) in [5.74, 6) is -4.85. The van der Waals surface area contributed by atoms with Crippen molar-refractivity contribution < 1.29 is 52.4 Å². The summed E-state index contributed by atoms with van der Waals surface area (Å²) in [7, 11) is 1.40. The van der Waals surface area contributed by atoms with E-state index in [0.717, 1.165) is 30.2 Å². The molecule has 0 radical (unpaired) electrons. The van der Waals surface area contributed by atoms with Crippen LogP contribution in [0, 0.1) is 17.8 Å². The highest BCUT2D eigenvalue weighted by Crippen LogP contribution is 2.43. The molecular weight excluding hydrogens is 776 g/mol. The third-order valence-corrected chi connectivity index (χ3v) is 13.2. The largest absolute Gasteiger partial charge is 0.455 e. The van der Waals surface area contributed by atoms with Crippen molar-refractivity contribution in [3.8, 4) is 0 Å². The molecule has 0 aliphatic carbocycles. The summed E-state index contributed by atoms with van der Waals surface area (Å²) in [5, 5.41) is 14.6. The number of unbranched alkanes of at least 4 members (excludes halogenated alkanes) is 1. The fraction of sp³-hybridized carbons (Fsp3) is 0.711. The van der Waals surface area contributed by atoms with Gasteiger partial charge in [-0.3, -0.25) is 9.59 Å². The van der Waals surface area contributed by atoms with Gasteiger partial charge in [-0.05, 0) is 71.9 Å². The second-order valence-electron chi connectivity index (χ2n) is 17.6. The van der Waals surface area contributed by atoms with Crippen LogP contribution in [0.3, 0.4) is 0 Å². The van der Waals surface area contributed by atoms with Crippen LogP contribution in [0.15, 0.2) is 36.9 Å². The average Bonchev–Trinajstić information content (AvgIpc) is 3.71. The number of halogens is 1. The number of benzene rings is 1. The number of aryl methyl sites for hydroxylation is 2. The van der Waals surface area contributed by atoms with Crippen molar-refractivity contribution in [2.45, 2.75) is 167 Å². The van der Waals surface area contributed by atoms with Crippen LogP contribution in [0.5, 0.6) is 0 Å². The van der Waals surface area contributed by atoms with E-state index in [1.165, 1.54) is 18.9 Å². The summed E-state index contributed by atoms with van der Waals surface area (Å²) in [6.07, 6.45) is -1.90. The van der Waals surface area contributed by atoms with Crippen molar-refractivity contribution in [3.05, 3.63) is 42.7 Å². The lowest BCUT2D eigenvalue weighted by molar-refractivity contribution is -0.290. The van der Waals surface area contributed by atoms with E-state index in [9.17, 15) is 24.3 Å². The van der Waals surface area contributed by atoms with Crippen molar-refractivity contribution >= 4 is 34.7 Å². The summed E-state index contributed by atoms with van der Waals surface area (Å²) in [6, 6.07) is 6.56. The molecule has 4 heterocycles. The number of ether oxygens (including phenoxy) is 5. The molecule has 1 unspecified atom stereocenters. The van der Waals surface area contributed by atoms with Gasteiger partial charge in [-0.25, -0.2) is 19.0 Å². The number of imidazole rings is 1. The Labute approximate surface area is 353 Å². The van der Waals surface area contributed by atoms with E-state index in [1.54, 1.807) is 40.7 Å². The number of nitrogens with one attached hydrogen (secondary N) is 1. The number of methoxy groups -OCH3 is 1. The molecule has 3 aliphatic rings. The van der Waals surface area contributed by atoms with Crippen LogP contribution in [-0.4, -0.2) is 123 Å². The minimum absolute atomic E-state index is 0.00696. The van der Waals surface area contributed by atoms with E-state index in [1.807, 2.05) is 31.2 Å². The quantitative estimate of drug-likeness (QED) is 0.106. The zero-order chi connectivity index (χ0) is 44.3. The Hall–Kier alpha value is -3.76. The Morgan fingerprint density at radius 1 is 1.05 bits per heavy atom. The number of nitrogens with zero attached hydrogens (tertiary/aromatic N) is 3. The van der Waals surface area contributed by atoms with Gasteiger partial charge in [0.2, 0.25) is 0 Å². The standard InChI is InChI=1S/C45H67FN4O10/c1-12-21-47-31-24-27(5)57-40(36(31)52)59-39-29(7)38(53)44(9,46)41(54)58-33(13-2)45(10)37(28(6)35(51)26(4)25-43(39,8)56-11)50(42(55)60-45)23-18-17-22-49-32-20-16-15-19-30(32)48-34(49)14-3/h12,15-16,19-20,26-29,31,33,36-37,39-40,47,52H,1,13-14,17-18,21-25H2,2-11H3/t26-,27-,28+,29+,31+,33-,36+,37?,39-,40+,43-,44+,45-/m1/s1. The first-order chi connectivity index (χ1) is 28.3. The number of cyclic esters (lactones) is 1. The first-order valence-corrected chi connectivity index (χ1v) is 21.6. The number of alkyl halides is 1. The molecule has 334 valence electrons. The van der Waals surface area contributed by atoms with Crippen LogP contribution >= 0.6 is 0 Å². The number of rotatable bonds is 13. The second-order valence-corrected chi connectivity index (χ2v) is 17.6. The molecule has 5 rings (SSSR count). The van der Waals surface area contributed by atoms with E-state index < -0.39 is 89.2 Å². The lowest BCUT2D eigenvalue weighted by Crippen LogP contribution is -2.62. The summed E-state index contributed by atoms with van der Waals surface area (Å²) in [4.78, 5) is 63.3. The SMILES string of the molecule is C=CCN[C@H]1C[C@@H](C)O[C@@H](O[C@@H]2[C@@H](C)C(=O)[C@](C)(F)C(=O)O[C@H](CC)[C@@]3(C)OC(=O)N(CCCCn4c(CC)nc5ccccc54)C3[C@@H](C)C(=O)[C@H](C)C[C@@]2(C)OC)[C@H]1O. The maximum Gasteiger partial charge on any atom is 0.410 e. The molecule has 14 nitrogen and oxygen atoms in total. The number of ketones is 2. The highest BCUT2D eigenvalue weighted by Gasteiger charge is 2.61. The van der Waals surface area contributed by atoms with Crippen molar-refractivity contribution in [2.75, 3.05) is 20.2 Å². The summed E-state index contributed by atoms with van der Waals surface area (Å²) in [6.45, 7) is 19.6. The smallest absolute Gasteiger partial charge is 0.410 e. The minimum atomic E-state index is -3.18. The Morgan fingerprint density at radius 3 is 2.38 bits per heavy atom. The van der Waals surface area contributed by atoms with Gasteiger partial charge in [0, 0.05) is 57.0 Å². The van der Waals surface area contributed by atoms with Crippen LogP contribution < -0.4 is 5.32 Å². The third kappa shape index (κ3) is 9.20. The average molecular weight is 843 g/mol. The van der Waals surface area contributed by atoms with Gasteiger partial charge in [-0.1, -0.05) is 52.8 Å². The topological polar surface area (TPSA) is 168 Å². The zero-order valence-corrected chi connectivity index (χ0v) is 37.1. The number of hydrogen-bond donors (Lipinski definition) is 2. The lowest BCUT2D eigenvalue weighted by atomic mass is 9.73. The molecule has 0 spiro atoms. The maximum absolute atomic E-state index is 16.9. The fourth-order valence-electron chi connectivity index (χ4n) is 9.86. The van der Waals surface area contributed by atoms with Gasteiger partial charge < -0.3 is 43.6 Å². The maximum atomic E-state index is 16.9. The van der Waals surface area contributed by atoms with E-state index in [4.69, 9.17) is 28.7 Å². The van der Waals surface area contributed by atoms with E-state index in [0.29, 0.717) is 32.4 Å². The van der Waals surface area contributed by atoms with Gasteiger partial charge in [0.15, 0.2) is 17.7 Å². The predicted octanol–water partition coefficient (Wildman–Crippen LogP) is 5.89. The number of carbonyl (C=O) groups is 4. The second kappa shape index (κ2) is 19.1. The van der Waals surface area contributed by atoms with Crippen LogP contribution in [0.4, 0.5) is 9.18 Å². The predicted molar refractivity (Wildman–Crippen MR) is 223 cm³/mol. The fourth-order valence-corrected chi connectivity index (χ4v) is 9.86. The number of aromatic nitrogens is 2. The Morgan fingerprint density at radius 2 is 1.73 bits per heavy atom. The summed E-state index contributed by atoms with van der Waals surface area (Å²) < 4.78 is 49.8. The first-order valence-electron chi connectivity index (χ1n) is 21.6. The molecule has 1 aromatic heterocycles. The number of aliphatic hydroxyl groups excluding tert-OH is 1. The highest BCUT2D eigenvalue weighted by molar-refractivity contribution is 6.08. The van der Waals surface area contributed by atoms with Crippen LogP contribution in [0.25, 0.3) is 11.0 Å². The molecule has 2 aromatic rings. The molecule has 3 fully saturated rings. The number of esters is 1. The highest BCUT2D eigenvalue weighted by atomic mass is 19.1. The van der Waals surface area contributed by atoms with Crippen LogP contribution in [-0.2, 0) is 51.0 Å². The number of Topliss-reactive ketones (excluding diaryl/α,β-unsaturated/α-hetero) is 2. The molecule has 1 amide bonds. The number of aliphatic hydroxyl groups is 1. The van der Waals surface area contributed by atoms with Crippen LogP contribution in [0.2, 0.25) is 0 Å². The molecule has 3 saturated heterocycles. The number of fused-ring (bicyclic) bond motifs is 2. The molecule has 15 heteroatoms. The van der Waals surface area contributed by atoms with Crippen molar-refractivity contribution in [1.82, 2.24) is 19.8 Å². The summed E-state index contributed by atoms with van der Waals surface area (Å²) in [5.41, 5.74) is -4.29. The minimum Gasteiger partial charge on any atom is -0.455 e. The van der Waals surface area contributed by atoms with E-state index in [2.05, 4.69) is 23.4 Å². The zero-order valence-electron chi connectivity index (χ0n) is 37.1. The monoisotopic (exact) mass is 842 g/mol. The van der Waals surface area contributed by atoms with Crippen molar-refractivity contribution in [2.24, 2.45) is 17.8 Å². The Kier molecular flexibility index (Phi) is 15.1. The molecule has 2 N–H and O–H groups in total. The number of para-hydroxylation sites is 2.